The number of fused-ring (bicyclic) bond motifs is 2. The van der Waals surface area contributed by atoms with Crippen LogP contribution in [0.2, 0.25) is 0 Å². The highest BCUT2D eigenvalue weighted by molar-refractivity contribution is 6.01. The Morgan fingerprint density at radius 1 is 1.00 bits per heavy atom. The molecular formula is C27H37N5O4. The van der Waals surface area contributed by atoms with Gasteiger partial charge >= 0.3 is 0 Å². The molecule has 2 N–H and O–H groups in total. The molecule has 1 saturated heterocycles. The molecule has 1 aromatic heterocycles. The van der Waals surface area contributed by atoms with Crippen molar-refractivity contribution in [3.63, 3.8) is 0 Å². The summed E-state index contributed by atoms with van der Waals surface area (Å²) in [5, 5.41) is 6.27. The van der Waals surface area contributed by atoms with Crippen LogP contribution in [0.4, 0.5) is 11.5 Å². The number of hydrogen-bond acceptors (Lipinski definition) is 7. The first-order valence-electron chi connectivity index (χ1n) is 13.0. The van der Waals surface area contributed by atoms with Gasteiger partial charge in [0.1, 0.15) is 11.6 Å². The smallest absolute Gasteiger partial charge is 0.258 e. The standard InChI is InChI=1S/C27H37N5O4/c33-25(28-13-8-14-31-16-19-35-20-17-31)21-32-15-5-1-2-6-18-36-24-11-4-3-10-23(24)30-26-22(27(32)34)9-7-12-29-26/h3-4,7,9-12H,1-2,5-6,8,13-21H2,(H,28,33)(H,29,30). The first-order valence-corrected chi connectivity index (χ1v) is 13.0. The SMILES string of the molecule is O=C(CN1CCCCCCOc2ccccc2Nc2ncccc2C1=O)NCCCN1CCOCC1. The van der Waals surface area contributed by atoms with Gasteiger partial charge in [0, 0.05) is 32.4 Å². The summed E-state index contributed by atoms with van der Waals surface area (Å²) in [6, 6.07) is 11.2. The molecule has 2 aliphatic rings. The molecule has 3 heterocycles. The van der Waals surface area contributed by atoms with Gasteiger partial charge < -0.3 is 25.0 Å². The molecule has 2 amide bonds. The molecule has 36 heavy (non-hydrogen) atoms. The lowest BCUT2D eigenvalue weighted by molar-refractivity contribution is -0.121. The average Bonchev–Trinajstić information content (AvgIpc) is 2.91. The van der Waals surface area contributed by atoms with Crippen LogP contribution in [-0.2, 0) is 9.53 Å². The molecule has 2 aliphatic heterocycles. The molecule has 1 fully saturated rings. The van der Waals surface area contributed by atoms with E-state index in [4.69, 9.17) is 9.47 Å². The first-order chi connectivity index (χ1) is 17.7. The molecule has 194 valence electrons. The van der Waals surface area contributed by atoms with E-state index in [0.717, 1.165) is 76.4 Å². The molecular weight excluding hydrogens is 458 g/mol. The van der Waals surface area contributed by atoms with E-state index in [0.29, 0.717) is 31.1 Å². The number of anilines is 2. The van der Waals surface area contributed by atoms with Gasteiger partial charge in [-0.15, -0.1) is 0 Å². The Morgan fingerprint density at radius 2 is 1.83 bits per heavy atom. The van der Waals surface area contributed by atoms with Crippen LogP contribution in [0, 0.1) is 0 Å². The Kier molecular flexibility index (Phi) is 9.93. The predicted octanol–water partition coefficient (Wildman–Crippen LogP) is 3.06. The molecule has 0 radical (unpaired) electrons. The number of carbonyl (C=O) groups is 2. The number of ether oxygens (including phenoxy) is 2. The highest BCUT2D eigenvalue weighted by atomic mass is 16.5. The second-order valence-electron chi connectivity index (χ2n) is 9.17. The fourth-order valence-electron chi connectivity index (χ4n) is 4.45. The lowest BCUT2D eigenvalue weighted by Gasteiger charge is -2.26. The number of benzene rings is 1. The summed E-state index contributed by atoms with van der Waals surface area (Å²) in [5.41, 5.74) is 1.19. The molecule has 0 aliphatic carbocycles. The van der Waals surface area contributed by atoms with Gasteiger partial charge in [-0.1, -0.05) is 25.0 Å². The van der Waals surface area contributed by atoms with Crippen molar-refractivity contribution in [3.8, 4) is 5.75 Å². The number of amides is 2. The van der Waals surface area contributed by atoms with Crippen molar-refractivity contribution in [2.75, 3.05) is 64.4 Å². The largest absolute Gasteiger partial charge is 0.491 e. The predicted molar refractivity (Wildman–Crippen MR) is 139 cm³/mol. The van der Waals surface area contributed by atoms with E-state index >= 15 is 0 Å². The van der Waals surface area contributed by atoms with Gasteiger partial charge in [-0.2, -0.15) is 0 Å². The normalized spacial score (nSPS) is 17.7. The van der Waals surface area contributed by atoms with Crippen LogP contribution in [0.5, 0.6) is 5.75 Å². The molecule has 4 rings (SSSR count). The zero-order valence-electron chi connectivity index (χ0n) is 20.9. The number of morpholine rings is 1. The summed E-state index contributed by atoms with van der Waals surface area (Å²) >= 11 is 0. The zero-order chi connectivity index (χ0) is 25.0. The summed E-state index contributed by atoms with van der Waals surface area (Å²) in [4.78, 5) is 34.8. The van der Waals surface area contributed by atoms with Crippen LogP contribution in [0.15, 0.2) is 42.6 Å². The average molecular weight is 496 g/mol. The number of nitrogens with zero attached hydrogens (tertiary/aromatic N) is 3. The van der Waals surface area contributed by atoms with Gasteiger partial charge in [0.15, 0.2) is 0 Å². The fraction of sp³-hybridized carbons (Fsp3) is 0.519. The minimum atomic E-state index is -0.204. The van der Waals surface area contributed by atoms with E-state index in [1.165, 1.54) is 0 Å². The Hall–Kier alpha value is -3.17. The summed E-state index contributed by atoms with van der Waals surface area (Å²) < 4.78 is 11.4. The van der Waals surface area contributed by atoms with E-state index < -0.39 is 0 Å². The summed E-state index contributed by atoms with van der Waals surface area (Å²) in [6.45, 7) is 6.12. The van der Waals surface area contributed by atoms with Gasteiger partial charge in [-0.25, -0.2) is 4.98 Å². The topological polar surface area (TPSA) is 96.0 Å². The Balaban J connectivity index is 1.42. The van der Waals surface area contributed by atoms with Crippen molar-refractivity contribution < 1.29 is 19.1 Å². The number of hydrogen-bond donors (Lipinski definition) is 2. The number of aromatic nitrogens is 1. The molecule has 2 aromatic rings. The third-order valence-electron chi connectivity index (χ3n) is 6.46. The maximum absolute atomic E-state index is 13.6. The molecule has 1 aromatic carbocycles. The van der Waals surface area contributed by atoms with E-state index in [2.05, 4.69) is 20.5 Å². The van der Waals surface area contributed by atoms with E-state index in [9.17, 15) is 9.59 Å². The van der Waals surface area contributed by atoms with Crippen LogP contribution in [0.1, 0.15) is 42.5 Å². The fourth-order valence-corrected chi connectivity index (χ4v) is 4.45. The second kappa shape index (κ2) is 13.8. The summed E-state index contributed by atoms with van der Waals surface area (Å²) in [6.07, 6.45) is 6.25. The van der Waals surface area contributed by atoms with Crippen molar-refractivity contribution in [1.82, 2.24) is 20.1 Å². The molecule has 9 heteroatoms. The quantitative estimate of drug-likeness (QED) is 0.595. The van der Waals surface area contributed by atoms with Gasteiger partial charge in [-0.05, 0) is 50.1 Å². The molecule has 0 saturated carbocycles. The molecule has 0 spiro atoms. The van der Waals surface area contributed by atoms with Crippen LogP contribution in [0.25, 0.3) is 0 Å². The highest BCUT2D eigenvalue weighted by Gasteiger charge is 2.22. The molecule has 0 unspecified atom stereocenters. The monoisotopic (exact) mass is 495 g/mol. The van der Waals surface area contributed by atoms with Crippen LogP contribution >= 0.6 is 0 Å². The second-order valence-corrected chi connectivity index (χ2v) is 9.17. The van der Waals surface area contributed by atoms with E-state index in [-0.39, 0.29) is 18.4 Å². The van der Waals surface area contributed by atoms with E-state index in [1.54, 1.807) is 23.2 Å². The minimum absolute atomic E-state index is 0.0322. The van der Waals surface area contributed by atoms with Crippen molar-refractivity contribution >= 4 is 23.3 Å². The van der Waals surface area contributed by atoms with Gasteiger partial charge in [0.25, 0.3) is 5.91 Å². The van der Waals surface area contributed by atoms with Crippen molar-refractivity contribution in [3.05, 3.63) is 48.2 Å². The molecule has 0 atom stereocenters. The molecule has 9 nitrogen and oxygen atoms in total. The third-order valence-corrected chi connectivity index (χ3v) is 6.46. The van der Waals surface area contributed by atoms with Crippen molar-refractivity contribution in [2.24, 2.45) is 0 Å². The Morgan fingerprint density at radius 3 is 2.72 bits per heavy atom. The number of para-hydroxylation sites is 2. The number of nitrogens with one attached hydrogen (secondary N) is 2. The van der Waals surface area contributed by atoms with Crippen LogP contribution < -0.4 is 15.4 Å². The minimum Gasteiger partial charge on any atom is -0.491 e. The number of carbonyl (C=O) groups excluding carboxylic acids is 2. The third kappa shape index (κ3) is 7.66. The number of rotatable bonds is 6. The molecule has 0 bridgehead atoms. The maximum atomic E-state index is 13.6. The first kappa shape index (κ1) is 25.9. The van der Waals surface area contributed by atoms with Gasteiger partial charge in [0.05, 0.1) is 37.6 Å². The summed E-state index contributed by atoms with van der Waals surface area (Å²) in [7, 11) is 0. The maximum Gasteiger partial charge on any atom is 0.258 e. The van der Waals surface area contributed by atoms with E-state index in [1.807, 2.05) is 24.3 Å². The Bertz CT molecular complexity index is 996. The number of pyridine rings is 1. The van der Waals surface area contributed by atoms with Crippen molar-refractivity contribution in [2.45, 2.75) is 32.1 Å². The lowest BCUT2D eigenvalue weighted by atomic mass is 10.1. The zero-order valence-corrected chi connectivity index (χ0v) is 20.9. The Labute approximate surface area is 213 Å². The van der Waals surface area contributed by atoms with Gasteiger partial charge in [0.2, 0.25) is 5.91 Å². The lowest BCUT2D eigenvalue weighted by Crippen LogP contribution is -2.42. The van der Waals surface area contributed by atoms with Gasteiger partial charge in [-0.3, -0.25) is 14.5 Å². The van der Waals surface area contributed by atoms with Crippen molar-refractivity contribution in [1.29, 1.82) is 0 Å². The highest BCUT2D eigenvalue weighted by Crippen LogP contribution is 2.29. The van der Waals surface area contributed by atoms with Crippen LogP contribution in [-0.4, -0.2) is 85.7 Å². The van der Waals surface area contributed by atoms with Crippen LogP contribution in [0.3, 0.4) is 0 Å². The summed E-state index contributed by atoms with van der Waals surface area (Å²) in [5.74, 6) is 0.839.